The SMILES string of the molecule is COC(=O)C[C@H]1CC[C@@H](Oc2cccc(Br)c2C)CC1. The van der Waals surface area contributed by atoms with Crippen LogP contribution in [0.2, 0.25) is 0 Å². The van der Waals surface area contributed by atoms with Crippen LogP contribution in [0.3, 0.4) is 0 Å². The van der Waals surface area contributed by atoms with Crippen molar-refractivity contribution in [2.24, 2.45) is 5.92 Å². The molecule has 0 bridgehead atoms. The van der Waals surface area contributed by atoms with Crippen LogP contribution in [-0.4, -0.2) is 19.2 Å². The maximum atomic E-state index is 11.3. The van der Waals surface area contributed by atoms with Crippen LogP contribution in [0.4, 0.5) is 0 Å². The normalized spacial score (nSPS) is 22.4. The van der Waals surface area contributed by atoms with E-state index in [9.17, 15) is 4.79 Å². The second-order valence-corrected chi connectivity index (χ2v) is 6.26. The summed E-state index contributed by atoms with van der Waals surface area (Å²) < 4.78 is 11.9. The van der Waals surface area contributed by atoms with Gasteiger partial charge in [-0.2, -0.15) is 0 Å². The minimum absolute atomic E-state index is 0.0998. The molecule has 0 spiro atoms. The number of hydrogen-bond donors (Lipinski definition) is 0. The van der Waals surface area contributed by atoms with Crippen LogP contribution >= 0.6 is 15.9 Å². The molecule has 3 nitrogen and oxygen atoms in total. The zero-order valence-electron chi connectivity index (χ0n) is 12.0. The summed E-state index contributed by atoms with van der Waals surface area (Å²) in [6, 6.07) is 6.03. The average Bonchev–Trinajstić information content (AvgIpc) is 2.46. The van der Waals surface area contributed by atoms with Crippen molar-refractivity contribution >= 4 is 21.9 Å². The summed E-state index contributed by atoms with van der Waals surface area (Å²) in [4.78, 5) is 11.3. The van der Waals surface area contributed by atoms with Crippen molar-refractivity contribution in [3.63, 3.8) is 0 Å². The van der Waals surface area contributed by atoms with E-state index in [1.54, 1.807) is 0 Å². The minimum Gasteiger partial charge on any atom is -0.490 e. The Hall–Kier alpha value is -1.03. The Balaban J connectivity index is 1.85. The predicted molar refractivity (Wildman–Crippen MR) is 81.9 cm³/mol. The summed E-state index contributed by atoms with van der Waals surface area (Å²) in [6.45, 7) is 2.06. The van der Waals surface area contributed by atoms with Crippen LogP contribution in [0, 0.1) is 12.8 Å². The molecule has 0 amide bonds. The third kappa shape index (κ3) is 3.98. The van der Waals surface area contributed by atoms with Crippen molar-refractivity contribution in [1.82, 2.24) is 0 Å². The molecule has 2 rings (SSSR count). The first-order valence-electron chi connectivity index (χ1n) is 7.08. The van der Waals surface area contributed by atoms with Crippen molar-refractivity contribution in [2.45, 2.75) is 45.1 Å². The zero-order valence-corrected chi connectivity index (χ0v) is 13.6. The molecule has 1 aliphatic rings. The van der Waals surface area contributed by atoms with Gasteiger partial charge in [-0.25, -0.2) is 0 Å². The minimum atomic E-state index is -0.0998. The molecule has 1 aliphatic carbocycles. The lowest BCUT2D eigenvalue weighted by Crippen LogP contribution is -2.25. The van der Waals surface area contributed by atoms with Crippen LogP contribution in [0.25, 0.3) is 0 Å². The number of benzene rings is 1. The number of rotatable bonds is 4. The molecule has 110 valence electrons. The molecule has 1 fully saturated rings. The highest BCUT2D eigenvalue weighted by molar-refractivity contribution is 9.10. The van der Waals surface area contributed by atoms with E-state index in [-0.39, 0.29) is 12.1 Å². The maximum absolute atomic E-state index is 11.3. The fourth-order valence-corrected chi connectivity index (χ4v) is 3.02. The van der Waals surface area contributed by atoms with Gasteiger partial charge in [0.05, 0.1) is 13.2 Å². The first-order chi connectivity index (χ1) is 9.60. The smallest absolute Gasteiger partial charge is 0.305 e. The highest BCUT2D eigenvalue weighted by Crippen LogP contribution is 2.32. The second kappa shape index (κ2) is 7.11. The van der Waals surface area contributed by atoms with Gasteiger partial charge in [-0.15, -0.1) is 0 Å². The van der Waals surface area contributed by atoms with Gasteiger partial charge >= 0.3 is 5.97 Å². The Labute approximate surface area is 128 Å². The average molecular weight is 341 g/mol. The Bertz CT molecular complexity index is 465. The van der Waals surface area contributed by atoms with Gasteiger partial charge in [0.2, 0.25) is 0 Å². The highest BCUT2D eigenvalue weighted by atomic mass is 79.9. The summed E-state index contributed by atoms with van der Waals surface area (Å²) in [5.41, 5.74) is 1.14. The topological polar surface area (TPSA) is 35.5 Å². The monoisotopic (exact) mass is 340 g/mol. The molecule has 0 heterocycles. The number of ether oxygens (including phenoxy) is 2. The van der Waals surface area contributed by atoms with Crippen molar-refractivity contribution in [2.75, 3.05) is 7.11 Å². The quantitative estimate of drug-likeness (QED) is 0.768. The molecule has 0 atom stereocenters. The third-order valence-electron chi connectivity index (χ3n) is 3.99. The standard InChI is InChI=1S/C16H21BrO3/c1-11-14(17)4-3-5-15(11)20-13-8-6-12(7-9-13)10-16(18)19-2/h3-5,12-13H,6-10H2,1-2H3/t12-,13+. The molecule has 0 aliphatic heterocycles. The van der Waals surface area contributed by atoms with Crippen LogP contribution in [0.1, 0.15) is 37.7 Å². The number of esters is 1. The van der Waals surface area contributed by atoms with Crippen molar-refractivity contribution in [1.29, 1.82) is 0 Å². The molecule has 1 aromatic carbocycles. The van der Waals surface area contributed by atoms with E-state index in [1.807, 2.05) is 18.2 Å². The van der Waals surface area contributed by atoms with Gasteiger partial charge in [-0.1, -0.05) is 22.0 Å². The fraction of sp³-hybridized carbons (Fsp3) is 0.562. The predicted octanol–water partition coefficient (Wildman–Crippen LogP) is 4.26. The first-order valence-corrected chi connectivity index (χ1v) is 7.88. The molecule has 0 aromatic heterocycles. The zero-order chi connectivity index (χ0) is 14.5. The lowest BCUT2D eigenvalue weighted by atomic mass is 9.85. The van der Waals surface area contributed by atoms with Gasteiger partial charge in [-0.05, 0) is 50.7 Å². The number of halogens is 1. The van der Waals surface area contributed by atoms with E-state index in [4.69, 9.17) is 9.47 Å². The Kier molecular flexibility index (Phi) is 5.46. The highest BCUT2D eigenvalue weighted by Gasteiger charge is 2.24. The van der Waals surface area contributed by atoms with Gasteiger partial charge < -0.3 is 9.47 Å². The van der Waals surface area contributed by atoms with E-state index in [0.29, 0.717) is 12.3 Å². The van der Waals surface area contributed by atoms with Crippen LogP contribution in [0.15, 0.2) is 22.7 Å². The van der Waals surface area contributed by atoms with Crippen molar-refractivity contribution < 1.29 is 14.3 Å². The van der Waals surface area contributed by atoms with E-state index >= 15 is 0 Å². The molecule has 0 N–H and O–H groups in total. The summed E-state index contributed by atoms with van der Waals surface area (Å²) in [6.07, 6.45) is 4.89. The van der Waals surface area contributed by atoms with Gasteiger partial charge in [0, 0.05) is 16.5 Å². The molecule has 1 saturated carbocycles. The molecular formula is C16H21BrO3. The van der Waals surface area contributed by atoms with Gasteiger partial charge in [0.15, 0.2) is 0 Å². The van der Waals surface area contributed by atoms with E-state index in [1.165, 1.54) is 7.11 Å². The van der Waals surface area contributed by atoms with Gasteiger partial charge in [0.1, 0.15) is 5.75 Å². The lowest BCUT2D eigenvalue weighted by Gasteiger charge is -2.29. The number of carbonyl (C=O) groups is 1. The number of hydrogen-bond acceptors (Lipinski definition) is 3. The maximum Gasteiger partial charge on any atom is 0.305 e. The number of carbonyl (C=O) groups excluding carboxylic acids is 1. The van der Waals surface area contributed by atoms with Crippen molar-refractivity contribution in [3.8, 4) is 5.75 Å². The Morgan fingerprint density at radius 2 is 2.00 bits per heavy atom. The molecule has 4 heteroatoms. The van der Waals surface area contributed by atoms with Crippen molar-refractivity contribution in [3.05, 3.63) is 28.2 Å². The third-order valence-corrected chi connectivity index (χ3v) is 4.85. The molecule has 20 heavy (non-hydrogen) atoms. The fourth-order valence-electron chi connectivity index (χ4n) is 2.67. The summed E-state index contributed by atoms with van der Waals surface area (Å²) in [5, 5.41) is 0. The molecule has 0 unspecified atom stereocenters. The van der Waals surface area contributed by atoms with Gasteiger partial charge in [-0.3, -0.25) is 4.79 Å². The number of methoxy groups -OCH3 is 1. The van der Waals surface area contributed by atoms with Crippen LogP contribution in [-0.2, 0) is 9.53 Å². The largest absolute Gasteiger partial charge is 0.490 e. The molecule has 1 aromatic rings. The molecule has 0 radical (unpaired) electrons. The van der Waals surface area contributed by atoms with Crippen LogP contribution in [0.5, 0.6) is 5.75 Å². The summed E-state index contributed by atoms with van der Waals surface area (Å²) >= 11 is 3.52. The summed E-state index contributed by atoms with van der Waals surface area (Å²) in [5.74, 6) is 1.30. The van der Waals surface area contributed by atoms with E-state index < -0.39 is 0 Å². The second-order valence-electron chi connectivity index (χ2n) is 5.40. The van der Waals surface area contributed by atoms with E-state index in [0.717, 1.165) is 41.5 Å². The Morgan fingerprint density at radius 3 is 2.65 bits per heavy atom. The van der Waals surface area contributed by atoms with Crippen LogP contribution < -0.4 is 4.74 Å². The first kappa shape index (κ1) is 15.4. The summed E-state index contributed by atoms with van der Waals surface area (Å²) in [7, 11) is 1.45. The van der Waals surface area contributed by atoms with Gasteiger partial charge in [0.25, 0.3) is 0 Å². The molecular weight excluding hydrogens is 320 g/mol. The lowest BCUT2D eigenvalue weighted by molar-refractivity contribution is -0.142. The Morgan fingerprint density at radius 1 is 1.30 bits per heavy atom. The molecule has 0 saturated heterocycles. The van der Waals surface area contributed by atoms with E-state index in [2.05, 4.69) is 22.9 Å².